The van der Waals surface area contributed by atoms with Crippen LogP contribution in [-0.4, -0.2) is 29.9 Å². The van der Waals surface area contributed by atoms with Crippen molar-refractivity contribution in [3.05, 3.63) is 73.4 Å². The summed E-state index contributed by atoms with van der Waals surface area (Å²) < 4.78 is 1.63. The van der Waals surface area contributed by atoms with Gasteiger partial charge in [-0.1, -0.05) is 30.3 Å². The maximum absolute atomic E-state index is 4.49. The van der Waals surface area contributed by atoms with Gasteiger partial charge in [-0.3, -0.25) is 4.98 Å². The van der Waals surface area contributed by atoms with Crippen molar-refractivity contribution in [2.75, 3.05) is 0 Å². The molecule has 4 aromatic heterocycles. The lowest BCUT2D eigenvalue weighted by molar-refractivity contribution is 0.826. The Kier molecular flexibility index (Phi) is 3.50. The topological polar surface area (TPSA) is 69.4 Å². The number of rotatable bonds is 3. The van der Waals surface area contributed by atoms with Gasteiger partial charge in [0.1, 0.15) is 18.3 Å². The lowest BCUT2D eigenvalue weighted by Crippen LogP contribution is -2.02. The van der Waals surface area contributed by atoms with E-state index in [1.165, 1.54) is 6.33 Å². The molecule has 0 N–H and O–H groups in total. The molecule has 0 aliphatic heterocycles. The van der Waals surface area contributed by atoms with Crippen LogP contribution in [0.1, 0.15) is 0 Å². The first-order valence-electron chi connectivity index (χ1n) is 8.02. The Balaban J connectivity index is 1.67. The Morgan fingerprint density at radius 2 is 1.65 bits per heavy atom. The lowest BCUT2D eigenvalue weighted by atomic mass is 10.1. The third kappa shape index (κ3) is 2.46. The van der Waals surface area contributed by atoms with E-state index in [0.717, 1.165) is 31.9 Å². The highest BCUT2D eigenvalue weighted by atomic mass is 32.1. The molecule has 124 valence electrons. The minimum atomic E-state index is 0.670. The fourth-order valence-corrected chi connectivity index (χ4v) is 3.85. The zero-order chi connectivity index (χ0) is 17.3. The van der Waals surface area contributed by atoms with Gasteiger partial charge in [-0.2, -0.15) is 5.10 Å². The lowest BCUT2D eigenvalue weighted by Gasteiger charge is -2.07. The summed E-state index contributed by atoms with van der Waals surface area (Å²) in [6, 6.07) is 18.1. The van der Waals surface area contributed by atoms with Crippen molar-refractivity contribution in [1.29, 1.82) is 0 Å². The molecule has 0 saturated heterocycles. The molecule has 0 bridgehead atoms. The van der Waals surface area contributed by atoms with E-state index >= 15 is 0 Å². The second-order valence-corrected chi connectivity index (χ2v) is 6.72. The molecule has 0 unspecified atom stereocenters. The van der Waals surface area contributed by atoms with E-state index in [1.54, 1.807) is 28.5 Å². The van der Waals surface area contributed by atoms with Crippen LogP contribution in [0.3, 0.4) is 0 Å². The van der Waals surface area contributed by atoms with Gasteiger partial charge in [0, 0.05) is 17.0 Å². The number of hydrogen-bond acceptors (Lipinski definition) is 6. The first kappa shape index (κ1) is 14.9. The monoisotopic (exact) mass is 356 g/mol. The summed E-state index contributed by atoms with van der Waals surface area (Å²) in [4.78, 5) is 10.6. The first-order valence-corrected chi connectivity index (χ1v) is 8.84. The number of nitrogens with zero attached hydrogens (tertiary/aromatic N) is 6. The highest BCUT2D eigenvalue weighted by Gasteiger charge is 2.14. The minimum Gasteiger partial charge on any atom is -0.255 e. The van der Waals surface area contributed by atoms with E-state index in [2.05, 4.69) is 43.5 Å². The number of benzene rings is 1. The Morgan fingerprint density at radius 3 is 2.46 bits per heavy atom. The fourth-order valence-electron chi connectivity index (χ4n) is 2.87. The Morgan fingerprint density at radius 1 is 0.808 bits per heavy atom. The molecule has 4 heterocycles. The normalized spacial score (nSPS) is 11.1. The van der Waals surface area contributed by atoms with E-state index < -0.39 is 0 Å². The summed E-state index contributed by atoms with van der Waals surface area (Å²) >= 11 is 1.66. The molecule has 26 heavy (non-hydrogen) atoms. The molecule has 5 rings (SSSR count). The third-order valence-corrected chi connectivity index (χ3v) is 5.17. The number of aromatic nitrogens is 6. The van der Waals surface area contributed by atoms with Crippen LogP contribution in [0.5, 0.6) is 0 Å². The van der Waals surface area contributed by atoms with Gasteiger partial charge in [0.25, 0.3) is 0 Å². The minimum absolute atomic E-state index is 0.670. The van der Waals surface area contributed by atoms with E-state index in [4.69, 9.17) is 0 Å². The zero-order valence-corrected chi connectivity index (χ0v) is 14.3. The SMILES string of the molecule is c1ccc(-c2ccc(-c3nnc(-n4cncn4)c4ccccc34)s2)nc1. The molecule has 6 nitrogen and oxygen atoms in total. The molecule has 0 aliphatic carbocycles. The van der Waals surface area contributed by atoms with Crippen LogP contribution in [-0.2, 0) is 0 Å². The Bertz CT molecular complexity index is 1180. The van der Waals surface area contributed by atoms with Crippen LogP contribution in [0.4, 0.5) is 0 Å². The average molecular weight is 356 g/mol. The maximum atomic E-state index is 4.49. The largest absolute Gasteiger partial charge is 0.255 e. The number of fused-ring (bicyclic) bond motifs is 1. The second-order valence-electron chi connectivity index (χ2n) is 5.64. The van der Waals surface area contributed by atoms with Crippen LogP contribution in [0.2, 0.25) is 0 Å². The van der Waals surface area contributed by atoms with Crippen LogP contribution in [0.25, 0.3) is 37.7 Å². The molecular weight excluding hydrogens is 344 g/mol. The first-order chi connectivity index (χ1) is 12.9. The summed E-state index contributed by atoms with van der Waals surface area (Å²) in [5.41, 5.74) is 1.82. The van der Waals surface area contributed by atoms with Crippen molar-refractivity contribution < 1.29 is 0 Å². The molecule has 0 fully saturated rings. The summed E-state index contributed by atoms with van der Waals surface area (Å²) in [6.07, 6.45) is 4.92. The van der Waals surface area contributed by atoms with Crippen molar-refractivity contribution in [1.82, 2.24) is 29.9 Å². The molecule has 0 amide bonds. The predicted octanol–water partition coefficient (Wildman–Crippen LogP) is 4.00. The van der Waals surface area contributed by atoms with Crippen molar-refractivity contribution >= 4 is 22.1 Å². The van der Waals surface area contributed by atoms with E-state index in [-0.39, 0.29) is 0 Å². The van der Waals surface area contributed by atoms with Crippen molar-refractivity contribution in [2.45, 2.75) is 0 Å². The second kappa shape index (κ2) is 6.12. The van der Waals surface area contributed by atoms with Gasteiger partial charge >= 0.3 is 0 Å². The van der Waals surface area contributed by atoms with Gasteiger partial charge in [-0.05, 0) is 24.3 Å². The van der Waals surface area contributed by atoms with Crippen LogP contribution < -0.4 is 0 Å². The van der Waals surface area contributed by atoms with Crippen molar-refractivity contribution in [3.8, 4) is 27.0 Å². The molecule has 0 saturated carbocycles. The van der Waals surface area contributed by atoms with Crippen molar-refractivity contribution in [3.63, 3.8) is 0 Å². The molecule has 0 spiro atoms. The van der Waals surface area contributed by atoms with Crippen LogP contribution in [0, 0.1) is 0 Å². The molecule has 5 aromatic rings. The smallest absolute Gasteiger partial charge is 0.185 e. The quantitative estimate of drug-likeness (QED) is 0.489. The van der Waals surface area contributed by atoms with E-state index in [0.29, 0.717) is 5.82 Å². The highest BCUT2D eigenvalue weighted by Crippen LogP contribution is 2.36. The number of hydrogen-bond donors (Lipinski definition) is 0. The molecule has 0 aliphatic rings. The Hall–Kier alpha value is -3.45. The summed E-state index contributed by atoms with van der Waals surface area (Å²) in [6.45, 7) is 0. The van der Waals surface area contributed by atoms with Crippen molar-refractivity contribution in [2.24, 2.45) is 0 Å². The number of pyridine rings is 1. The standard InChI is InChI=1S/C19H12N6S/c1-2-6-14-13(5-1)18(23-24-19(14)25-12-20-11-22-25)17-9-8-16(26-17)15-7-3-4-10-21-15/h1-12H. The van der Waals surface area contributed by atoms with Gasteiger partial charge in [0.15, 0.2) is 5.82 Å². The Labute approximate surface area is 152 Å². The third-order valence-electron chi connectivity index (χ3n) is 4.06. The fraction of sp³-hybridized carbons (Fsp3) is 0. The van der Waals surface area contributed by atoms with Gasteiger partial charge in [0.05, 0.1) is 15.4 Å². The zero-order valence-electron chi connectivity index (χ0n) is 13.5. The van der Waals surface area contributed by atoms with E-state index in [1.807, 2.05) is 36.4 Å². The summed E-state index contributed by atoms with van der Waals surface area (Å²) in [7, 11) is 0. The average Bonchev–Trinajstić information content (AvgIpc) is 3.40. The molecule has 0 atom stereocenters. The van der Waals surface area contributed by atoms with Gasteiger partial charge in [-0.15, -0.1) is 21.5 Å². The predicted molar refractivity (Wildman–Crippen MR) is 101 cm³/mol. The summed E-state index contributed by atoms with van der Waals surface area (Å²) in [5.74, 6) is 0.670. The van der Waals surface area contributed by atoms with Crippen LogP contribution in [0.15, 0.2) is 73.4 Å². The van der Waals surface area contributed by atoms with Gasteiger partial charge in [-0.25, -0.2) is 9.67 Å². The molecule has 7 heteroatoms. The molecular formula is C19H12N6S. The van der Waals surface area contributed by atoms with E-state index in [9.17, 15) is 0 Å². The highest BCUT2D eigenvalue weighted by molar-refractivity contribution is 7.18. The maximum Gasteiger partial charge on any atom is 0.185 e. The van der Waals surface area contributed by atoms with Crippen LogP contribution >= 0.6 is 11.3 Å². The molecule has 0 radical (unpaired) electrons. The van der Waals surface area contributed by atoms with Gasteiger partial charge < -0.3 is 0 Å². The number of thiophene rings is 1. The summed E-state index contributed by atoms with van der Waals surface area (Å²) in [5, 5.41) is 15.1. The molecule has 1 aromatic carbocycles. The van der Waals surface area contributed by atoms with Gasteiger partial charge in [0.2, 0.25) is 0 Å².